The molecule has 0 aliphatic heterocycles. The molecule has 0 saturated heterocycles. The van der Waals surface area contributed by atoms with E-state index in [9.17, 15) is 28.2 Å². The Hall–Kier alpha value is -2.06. The lowest BCUT2D eigenvalue weighted by Crippen LogP contribution is -2.65. The van der Waals surface area contributed by atoms with Gasteiger partial charge in [-0.1, -0.05) is 36.8 Å². The SMILES string of the molecule is C[C@]12C[C@H](c3ccc([C@H]4C[C@@H]4CO)cc3)C3=C4CCC(=O)C=C4CC[C@H]3[C@@H]1CC[C@@]2(O)C(F)(F)C(F)(F)F. The van der Waals surface area contributed by atoms with Crippen molar-refractivity contribution in [2.24, 2.45) is 23.2 Å². The van der Waals surface area contributed by atoms with Gasteiger partial charge in [-0.15, -0.1) is 0 Å². The third-order valence-corrected chi connectivity index (χ3v) is 10.7. The molecule has 206 valence electrons. The molecule has 5 aliphatic rings. The first kappa shape index (κ1) is 26.2. The van der Waals surface area contributed by atoms with Crippen molar-refractivity contribution < 1.29 is 37.0 Å². The minimum Gasteiger partial charge on any atom is -0.396 e. The molecule has 38 heavy (non-hydrogen) atoms. The molecule has 6 rings (SSSR count). The standard InChI is InChI=1S/C30H33F5O3/c1-27-14-24(17-4-2-16(3-5-17)23-13-19(23)15-36)26-21-9-7-20(37)12-18(21)6-8-22(26)25(27)10-11-28(27,38)29(31,32)30(33,34)35/h2-5,12,19,22-25,36,38H,6-11,13-15H2,1H3/t19-,22+,23-,24-,25+,27+,28+/m1/s1. The molecule has 3 nitrogen and oxygen atoms in total. The Labute approximate surface area is 218 Å². The van der Waals surface area contributed by atoms with Crippen LogP contribution >= 0.6 is 0 Å². The highest BCUT2D eigenvalue weighted by atomic mass is 19.4. The van der Waals surface area contributed by atoms with E-state index in [1.807, 2.05) is 24.3 Å². The maximum absolute atomic E-state index is 15.1. The van der Waals surface area contributed by atoms with Crippen molar-refractivity contribution in [3.05, 3.63) is 58.2 Å². The van der Waals surface area contributed by atoms with E-state index in [0.29, 0.717) is 25.7 Å². The number of allylic oxidation sites excluding steroid dienone is 4. The Balaban J connectivity index is 1.47. The van der Waals surface area contributed by atoms with E-state index >= 15 is 8.78 Å². The molecule has 0 heterocycles. The molecule has 5 aliphatic carbocycles. The van der Waals surface area contributed by atoms with Crippen molar-refractivity contribution in [3.63, 3.8) is 0 Å². The summed E-state index contributed by atoms with van der Waals surface area (Å²) in [5, 5.41) is 20.8. The van der Waals surface area contributed by atoms with Crippen LogP contribution < -0.4 is 0 Å². The summed E-state index contributed by atoms with van der Waals surface area (Å²) in [5.41, 5.74) is 0.185. The monoisotopic (exact) mass is 536 g/mol. The van der Waals surface area contributed by atoms with Gasteiger partial charge in [0.05, 0.1) is 0 Å². The summed E-state index contributed by atoms with van der Waals surface area (Å²) in [5.74, 6) is -5.82. The summed E-state index contributed by atoms with van der Waals surface area (Å²) in [7, 11) is 0. The van der Waals surface area contributed by atoms with Gasteiger partial charge in [0.2, 0.25) is 0 Å². The van der Waals surface area contributed by atoms with E-state index in [0.717, 1.165) is 34.3 Å². The zero-order valence-corrected chi connectivity index (χ0v) is 21.3. The van der Waals surface area contributed by atoms with Crippen molar-refractivity contribution in [2.45, 2.75) is 87.8 Å². The van der Waals surface area contributed by atoms with Gasteiger partial charge < -0.3 is 10.2 Å². The van der Waals surface area contributed by atoms with Gasteiger partial charge in [-0.05, 0) is 97.0 Å². The molecule has 8 heteroatoms. The molecular weight excluding hydrogens is 503 g/mol. The Kier molecular flexibility index (Phi) is 5.83. The number of benzene rings is 1. The molecule has 1 aromatic rings. The molecule has 0 bridgehead atoms. The summed E-state index contributed by atoms with van der Waals surface area (Å²) >= 11 is 0. The number of hydrogen-bond acceptors (Lipinski definition) is 3. The summed E-state index contributed by atoms with van der Waals surface area (Å²) < 4.78 is 71.2. The Morgan fingerprint density at radius 2 is 1.66 bits per heavy atom. The van der Waals surface area contributed by atoms with Crippen molar-refractivity contribution in [1.29, 1.82) is 0 Å². The highest BCUT2D eigenvalue weighted by Crippen LogP contribution is 2.70. The van der Waals surface area contributed by atoms with Gasteiger partial charge in [-0.2, -0.15) is 22.0 Å². The summed E-state index contributed by atoms with van der Waals surface area (Å²) in [6.45, 7) is 1.56. The van der Waals surface area contributed by atoms with Crippen LogP contribution in [0.5, 0.6) is 0 Å². The molecule has 3 saturated carbocycles. The van der Waals surface area contributed by atoms with Crippen molar-refractivity contribution in [2.75, 3.05) is 6.61 Å². The molecule has 1 aromatic carbocycles. The van der Waals surface area contributed by atoms with Crippen LogP contribution in [0.4, 0.5) is 22.0 Å². The fourth-order valence-corrected chi connectivity index (χ4v) is 8.55. The molecule has 7 atom stereocenters. The lowest BCUT2D eigenvalue weighted by molar-refractivity contribution is -0.362. The fraction of sp³-hybridized carbons (Fsp3) is 0.633. The normalized spacial score (nSPS) is 38.9. The van der Waals surface area contributed by atoms with E-state index in [-0.39, 0.29) is 43.0 Å². The minimum absolute atomic E-state index is 0.0154. The number of rotatable bonds is 4. The van der Waals surface area contributed by atoms with E-state index in [2.05, 4.69) is 0 Å². The molecule has 2 N–H and O–H groups in total. The first-order valence-corrected chi connectivity index (χ1v) is 13.7. The number of ketones is 1. The maximum Gasteiger partial charge on any atom is 0.456 e. The van der Waals surface area contributed by atoms with Crippen LogP contribution in [0.3, 0.4) is 0 Å². The second-order valence-corrected chi connectivity index (χ2v) is 12.4. The number of carbonyl (C=O) groups excluding carboxylic acids is 1. The third-order valence-electron chi connectivity index (χ3n) is 10.7. The van der Waals surface area contributed by atoms with Gasteiger partial charge in [-0.25, -0.2) is 0 Å². The summed E-state index contributed by atoms with van der Waals surface area (Å²) in [6, 6.07) is 7.81. The van der Waals surface area contributed by atoms with Crippen LogP contribution in [0, 0.1) is 23.2 Å². The molecule has 0 spiro atoms. The van der Waals surface area contributed by atoms with Gasteiger partial charge in [0, 0.05) is 24.4 Å². The van der Waals surface area contributed by atoms with Crippen molar-refractivity contribution in [3.8, 4) is 0 Å². The van der Waals surface area contributed by atoms with Crippen LogP contribution in [-0.4, -0.2) is 40.3 Å². The number of alkyl halides is 5. The Bertz CT molecular complexity index is 1220. The predicted molar refractivity (Wildman–Crippen MR) is 131 cm³/mol. The van der Waals surface area contributed by atoms with Crippen LogP contribution in [0.1, 0.15) is 81.3 Å². The topological polar surface area (TPSA) is 57.5 Å². The van der Waals surface area contributed by atoms with Crippen LogP contribution in [0.25, 0.3) is 0 Å². The average molecular weight is 537 g/mol. The van der Waals surface area contributed by atoms with Gasteiger partial charge in [-0.3, -0.25) is 4.79 Å². The number of hydrogen-bond donors (Lipinski definition) is 2. The van der Waals surface area contributed by atoms with E-state index in [1.54, 1.807) is 6.08 Å². The smallest absolute Gasteiger partial charge is 0.396 e. The van der Waals surface area contributed by atoms with Gasteiger partial charge in [0.1, 0.15) is 5.60 Å². The number of halogens is 5. The van der Waals surface area contributed by atoms with Gasteiger partial charge in [0.25, 0.3) is 0 Å². The quantitative estimate of drug-likeness (QED) is 0.426. The van der Waals surface area contributed by atoms with Crippen molar-refractivity contribution >= 4 is 5.78 Å². The zero-order valence-electron chi connectivity index (χ0n) is 21.3. The largest absolute Gasteiger partial charge is 0.456 e. The minimum atomic E-state index is -5.85. The van der Waals surface area contributed by atoms with Crippen LogP contribution in [0.2, 0.25) is 0 Å². The molecule has 0 unspecified atom stereocenters. The molecule has 0 amide bonds. The van der Waals surface area contributed by atoms with Gasteiger partial charge in [0.15, 0.2) is 5.78 Å². The van der Waals surface area contributed by atoms with Crippen LogP contribution in [0.15, 0.2) is 47.1 Å². The zero-order chi connectivity index (χ0) is 27.3. The average Bonchev–Trinajstić information content (AvgIpc) is 3.61. The molecule has 0 radical (unpaired) electrons. The number of carbonyl (C=O) groups is 1. The predicted octanol–water partition coefficient (Wildman–Crippen LogP) is 6.61. The lowest BCUT2D eigenvalue weighted by Gasteiger charge is -2.56. The molecule has 0 aromatic heterocycles. The first-order chi connectivity index (χ1) is 17.8. The Morgan fingerprint density at radius 1 is 0.974 bits per heavy atom. The fourth-order valence-electron chi connectivity index (χ4n) is 8.55. The lowest BCUT2D eigenvalue weighted by atomic mass is 9.50. The highest BCUT2D eigenvalue weighted by molar-refractivity contribution is 5.93. The number of aliphatic hydroxyl groups is 2. The van der Waals surface area contributed by atoms with Crippen molar-refractivity contribution in [1.82, 2.24) is 0 Å². The summed E-state index contributed by atoms with van der Waals surface area (Å²) in [4.78, 5) is 12.2. The molecular formula is C30H33F5O3. The van der Waals surface area contributed by atoms with Crippen LogP contribution in [-0.2, 0) is 4.79 Å². The summed E-state index contributed by atoms with van der Waals surface area (Å²) in [6.07, 6.45) is -1.70. The molecule has 3 fully saturated rings. The van der Waals surface area contributed by atoms with E-state index < -0.39 is 41.4 Å². The first-order valence-electron chi connectivity index (χ1n) is 13.7. The van der Waals surface area contributed by atoms with Gasteiger partial charge >= 0.3 is 12.1 Å². The Morgan fingerprint density at radius 3 is 2.29 bits per heavy atom. The number of aliphatic hydroxyl groups excluding tert-OH is 1. The van der Waals surface area contributed by atoms with E-state index in [4.69, 9.17) is 0 Å². The van der Waals surface area contributed by atoms with E-state index in [1.165, 1.54) is 6.92 Å². The number of fused-ring (bicyclic) bond motifs is 4. The second-order valence-electron chi connectivity index (χ2n) is 12.4. The second kappa shape index (κ2) is 8.47. The third kappa shape index (κ3) is 3.54. The maximum atomic E-state index is 15.1. The highest BCUT2D eigenvalue weighted by Gasteiger charge is 2.79.